The average molecular weight is 335 g/mol. The normalized spacial score (nSPS) is 54.0. The molecule has 4 rings (SSSR count). The first-order valence-corrected chi connectivity index (χ1v) is 10.6. The Bertz CT molecular complexity index is 469. The van der Waals surface area contributed by atoms with Crippen LogP contribution in [0.5, 0.6) is 0 Å². The molecule has 0 amide bonds. The number of hydrogen-bond donors (Lipinski definition) is 3. The molecule has 4 saturated carbocycles. The molecule has 0 radical (unpaired) electrons. The summed E-state index contributed by atoms with van der Waals surface area (Å²) < 4.78 is 0. The number of nitrogens with one attached hydrogen (secondary N) is 1. The third kappa shape index (κ3) is 2.49. The second-order valence-corrected chi connectivity index (χ2v) is 10.0. The van der Waals surface area contributed by atoms with Crippen LogP contribution in [0.3, 0.4) is 0 Å². The van der Waals surface area contributed by atoms with Crippen LogP contribution in [-0.4, -0.2) is 30.3 Å². The van der Waals surface area contributed by atoms with Crippen molar-refractivity contribution in [3.63, 3.8) is 0 Å². The molecular formula is C21H38N2O. The molecule has 3 nitrogen and oxygen atoms in total. The van der Waals surface area contributed by atoms with Crippen molar-refractivity contribution in [3.8, 4) is 0 Å². The van der Waals surface area contributed by atoms with Crippen molar-refractivity contribution in [1.82, 2.24) is 5.32 Å². The summed E-state index contributed by atoms with van der Waals surface area (Å²) in [6.45, 7) is 6.89. The second kappa shape index (κ2) is 6.25. The Labute approximate surface area is 148 Å². The molecule has 3 heteroatoms. The summed E-state index contributed by atoms with van der Waals surface area (Å²) in [7, 11) is 0. The van der Waals surface area contributed by atoms with Crippen molar-refractivity contribution >= 4 is 0 Å². The van der Waals surface area contributed by atoms with Crippen molar-refractivity contribution < 1.29 is 5.11 Å². The first kappa shape index (κ1) is 17.3. The highest BCUT2D eigenvalue weighted by Crippen LogP contribution is 2.66. The molecule has 138 valence electrons. The van der Waals surface area contributed by atoms with Crippen LogP contribution in [0.2, 0.25) is 0 Å². The van der Waals surface area contributed by atoms with E-state index < -0.39 is 0 Å². The lowest BCUT2D eigenvalue weighted by molar-refractivity contribution is -0.123. The van der Waals surface area contributed by atoms with Crippen molar-refractivity contribution in [3.05, 3.63) is 0 Å². The van der Waals surface area contributed by atoms with Crippen LogP contribution in [0, 0.1) is 34.5 Å². The Balaban J connectivity index is 1.54. The molecule has 0 aromatic carbocycles. The summed E-state index contributed by atoms with van der Waals surface area (Å²) >= 11 is 0. The van der Waals surface area contributed by atoms with Gasteiger partial charge in [-0.05, 0) is 92.3 Å². The standard InChI is InChI=1S/C21H38N2O/c1-20-9-7-15(24)13-14(20)3-4-16-17-5-6-19(23-12-11-22)21(17,2)10-8-18(16)20/h14-19,23-24H,3-13,22H2,1-2H3. The maximum absolute atomic E-state index is 10.1. The molecule has 0 aromatic rings. The van der Waals surface area contributed by atoms with Gasteiger partial charge < -0.3 is 16.2 Å². The van der Waals surface area contributed by atoms with E-state index in [2.05, 4.69) is 19.2 Å². The second-order valence-electron chi connectivity index (χ2n) is 10.0. The maximum atomic E-state index is 10.1. The summed E-state index contributed by atoms with van der Waals surface area (Å²) in [6, 6.07) is 0.686. The fraction of sp³-hybridized carbons (Fsp3) is 1.00. The van der Waals surface area contributed by atoms with Gasteiger partial charge in [0.1, 0.15) is 0 Å². The molecule has 0 aromatic heterocycles. The molecule has 0 bridgehead atoms. The van der Waals surface area contributed by atoms with Crippen LogP contribution in [0.4, 0.5) is 0 Å². The Morgan fingerprint density at radius 2 is 1.71 bits per heavy atom. The van der Waals surface area contributed by atoms with E-state index in [1.807, 2.05) is 0 Å². The van der Waals surface area contributed by atoms with Gasteiger partial charge in [-0.25, -0.2) is 0 Å². The zero-order chi connectivity index (χ0) is 16.9. The highest BCUT2D eigenvalue weighted by Gasteiger charge is 2.59. The quantitative estimate of drug-likeness (QED) is 0.742. The lowest BCUT2D eigenvalue weighted by Gasteiger charge is -2.61. The highest BCUT2D eigenvalue weighted by atomic mass is 16.3. The predicted octanol–water partition coefficient (Wildman–Crippen LogP) is 3.31. The first-order valence-electron chi connectivity index (χ1n) is 10.6. The monoisotopic (exact) mass is 334 g/mol. The summed E-state index contributed by atoms with van der Waals surface area (Å²) in [5.74, 6) is 3.54. The van der Waals surface area contributed by atoms with Gasteiger partial charge in [-0.1, -0.05) is 13.8 Å². The van der Waals surface area contributed by atoms with E-state index in [0.29, 0.717) is 16.9 Å². The SMILES string of the molecule is CC12CCC(O)CC1CCC1C2CCC2(C)C(NCCN)CCC12. The molecular weight excluding hydrogens is 296 g/mol. The number of aliphatic hydroxyl groups is 1. The molecule has 4 aliphatic carbocycles. The molecule has 0 saturated heterocycles. The van der Waals surface area contributed by atoms with Gasteiger partial charge in [0, 0.05) is 19.1 Å². The van der Waals surface area contributed by atoms with Crippen LogP contribution in [-0.2, 0) is 0 Å². The Hall–Kier alpha value is -0.120. The van der Waals surface area contributed by atoms with Crippen LogP contribution in [0.25, 0.3) is 0 Å². The minimum Gasteiger partial charge on any atom is -0.393 e. The number of fused-ring (bicyclic) bond motifs is 5. The van der Waals surface area contributed by atoms with Crippen LogP contribution in [0.1, 0.15) is 71.6 Å². The highest BCUT2D eigenvalue weighted by molar-refractivity contribution is 5.10. The minimum atomic E-state index is -0.0233. The molecule has 0 spiro atoms. The van der Waals surface area contributed by atoms with E-state index in [0.717, 1.165) is 49.6 Å². The third-order valence-electron chi connectivity index (χ3n) is 9.17. The van der Waals surface area contributed by atoms with Gasteiger partial charge in [-0.3, -0.25) is 0 Å². The third-order valence-corrected chi connectivity index (χ3v) is 9.17. The Morgan fingerprint density at radius 3 is 2.50 bits per heavy atom. The molecule has 4 aliphatic rings. The number of hydrogen-bond acceptors (Lipinski definition) is 3. The maximum Gasteiger partial charge on any atom is 0.0543 e. The van der Waals surface area contributed by atoms with Gasteiger partial charge in [0.2, 0.25) is 0 Å². The predicted molar refractivity (Wildman–Crippen MR) is 98.6 cm³/mol. The molecule has 8 unspecified atom stereocenters. The van der Waals surface area contributed by atoms with Crippen LogP contribution in [0.15, 0.2) is 0 Å². The van der Waals surface area contributed by atoms with Crippen molar-refractivity contribution in [1.29, 1.82) is 0 Å². The van der Waals surface area contributed by atoms with Crippen LogP contribution < -0.4 is 11.1 Å². The Kier molecular flexibility index (Phi) is 4.50. The minimum absolute atomic E-state index is 0.0233. The summed E-state index contributed by atoms with van der Waals surface area (Å²) in [5, 5.41) is 13.9. The van der Waals surface area contributed by atoms with Gasteiger partial charge >= 0.3 is 0 Å². The van der Waals surface area contributed by atoms with Crippen molar-refractivity contribution in [2.24, 2.45) is 40.2 Å². The zero-order valence-corrected chi connectivity index (χ0v) is 15.8. The van der Waals surface area contributed by atoms with E-state index in [1.54, 1.807) is 0 Å². The van der Waals surface area contributed by atoms with Gasteiger partial charge in [-0.2, -0.15) is 0 Å². The van der Waals surface area contributed by atoms with E-state index >= 15 is 0 Å². The average Bonchev–Trinajstić information content (AvgIpc) is 2.90. The van der Waals surface area contributed by atoms with Crippen molar-refractivity contribution in [2.75, 3.05) is 13.1 Å². The molecule has 24 heavy (non-hydrogen) atoms. The van der Waals surface area contributed by atoms with Crippen LogP contribution >= 0.6 is 0 Å². The molecule has 4 N–H and O–H groups in total. The lowest BCUT2D eigenvalue weighted by atomic mass is 9.45. The van der Waals surface area contributed by atoms with Gasteiger partial charge in [0.05, 0.1) is 6.10 Å². The lowest BCUT2D eigenvalue weighted by Crippen LogP contribution is -2.56. The van der Waals surface area contributed by atoms with Gasteiger partial charge in [0.25, 0.3) is 0 Å². The van der Waals surface area contributed by atoms with Gasteiger partial charge in [0.15, 0.2) is 0 Å². The van der Waals surface area contributed by atoms with Gasteiger partial charge in [-0.15, -0.1) is 0 Å². The molecule has 8 atom stereocenters. The number of nitrogens with two attached hydrogens (primary N) is 1. The summed E-state index contributed by atoms with van der Waals surface area (Å²) in [6.07, 6.45) is 11.7. The fourth-order valence-corrected chi connectivity index (χ4v) is 7.83. The van der Waals surface area contributed by atoms with E-state index in [-0.39, 0.29) is 6.10 Å². The van der Waals surface area contributed by atoms with E-state index in [1.165, 1.54) is 44.9 Å². The summed E-state index contributed by atoms with van der Waals surface area (Å²) in [4.78, 5) is 0. The van der Waals surface area contributed by atoms with E-state index in [4.69, 9.17) is 5.73 Å². The number of aliphatic hydroxyl groups excluding tert-OH is 1. The number of rotatable bonds is 3. The fourth-order valence-electron chi connectivity index (χ4n) is 7.83. The smallest absolute Gasteiger partial charge is 0.0543 e. The first-order chi connectivity index (χ1) is 11.5. The zero-order valence-electron chi connectivity index (χ0n) is 15.8. The summed E-state index contributed by atoms with van der Waals surface area (Å²) in [5.41, 5.74) is 6.74. The topological polar surface area (TPSA) is 58.3 Å². The largest absolute Gasteiger partial charge is 0.393 e. The van der Waals surface area contributed by atoms with E-state index in [9.17, 15) is 5.11 Å². The molecule has 4 fully saturated rings. The van der Waals surface area contributed by atoms with Crippen molar-refractivity contribution in [2.45, 2.75) is 83.8 Å². The Morgan fingerprint density at radius 1 is 0.958 bits per heavy atom. The molecule has 0 heterocycles. The molecule has 0 aliphatic heterocycles.